The first kappa shape index (κ1) is 27.7. The highest BCUT2D eigenvalue weighted by Crippen LogP contribution is 2.30. The van der Waals surface area contributed by atoms with Crippen molar-refractivity contribution in [1.82, 2.24) is 14.2 Å². The van der Waals surface area contributed by atoms with Gasteiger partial charge in [-0.15, -0.1) is 0 Å². The number of nitrogens with one attached hydrogen (secondary N) is 1. The molecule has 0 spiro atoms. The number of fused-ring (bicyclic) bond motifs is 1. The summed E-state index contributed by atoms with van der Waals surface area (Å²) in [6.07, 6.45) is 4.18. The largest absolute Gasteiger partial charge is 0.496 e. The molecule has 1 atom stereocenters. The second-order valence-corrected chi connectivity index (χ2v) is 12.2. The lowest BCUT2D eigenvalue weighted by Crippen LogP contribution is -2.30. The van der Waals surface area contributed by atoms with Crippen LogP contribution < -0.4 is 9.46 Å². The van der Waals surface area contributed by atoms with Crippen LogP contribution in [-0.2, 0) is 34.7 Å². The van der Waals surface area contributed by atoms with Gasteiger partial charge in [0.1, 0.15) is 10.6 Å². The Morgan fingerprint density at radius 1 is 1.07 bits per heavy atom. The van der Waals surface area contributed by atoms with Gasteiger partial charge in [0.25, 0.3) is 15.9 Å². The highest BCUT2D eigenvalue weighted by Gasteiger charge is 2.29. The minimum atomic E-state index is -4.16. The molecule has 8 nitrogen and oxygen atoms in total. The zero-order valence-corrected chi connectivity index (χ0v) is 24.1. The quantitative estimate of drug-likeness (QED) is 0.330. The molecule has 1 aliphatic rings. The van der Waals surface area contributed by atoms with Crippen LogP contribution in [0.3, 0.4) is 0 Å². The average molecular weight is 580 g/mol. The zero-order valence-electron chi connectivity index (χ0n) is 22.5. The van der Waals surface area contributed by atoms with Crippen LogP contribution in [-0.4, -0.2) is 50.4 Å². The Labute approximate surface area is 238 Å². The van der Waals surface area contributed by atoms with Crippen molar-refractivity contribution in [2.45, 2.75) is 24.2 Å². The molecule has 0 saturated carbocycles. The van der Waals surface area contributed by atoms with Crippen LogP contribution in [0.15, 0.2) is 71.8 Å². The third-order valence-corrected chi connectivity index (χ3v) is 9.27. The fourth-order valence-corrected chi connectivity index (χ4v) is 6.79. The molecule has 1 N–H and O–H groups in total. The van der Waals surface area contributed by atoms with Gasteiger partial charge >= 0.3 is 0 Å². The fraction of sp³-hybridized carbons (Fsp3) is 0.267. The number of hydrogen-bond donors (Lipinski definition) is 1. The third kappa shape index (κ3) is 5.44. The number of benzene rings is 3. The van der Waals surface area contributed by atoms with E-state index in [-0.39, 0.29) is 27.3 Å². The van der Waals surface area contributed by atoms with E-state index in [1.807, 2.05) is 14.1 Å². The lowest BCUT2D eigenvalue weighted by molar-refractivity contribution is -0.129. The van der Waals surface area contributed by atoms with Crippen LogP contribution in [0.1, 0.15) is 33.5 Å². The van der Waals surface area contributed by atoms with Crippen molar-refractivity contribution in [2.24, 2.45) is 13.0 Å². The zero-order chi connectivity index (χ0) is 28.6. The number of carbonyl (C=O) groups excluding carboxylic acids is 2. The molecule has 2 heterocycles. The number of methoxy groups -OCH3 is 1. The maximum atomic E-state index is 12.9. The van der Waals surface area contributed by atoms with Crippen LogP contribution >= 0.6 is 11.6 Å². The molecule has 1 saturated heterocycles. The highest BCUT2D eigenvalue weighted by atomic mass is 35.5. The summed E-state index contributed by atoms with van der Waals surface area (Å²) >= 11 is 6.02. The normalized spacial score (nSPS) is 15.6. The Morgan fingerprint density at radius 2 is 1.85 bits per heavy atom. The molecule has 40 heavy (non-hydrogen) atoms. The Balaban J connectivity index is 1.39. The van der Waals surface area contributed by atoms with E-state index < -0.39 is 15.9 Å². The highest BCUT2D eigenvalue weighted by molar-refractivity contribution is 7.90. The molecule has 0 aliphatic carbocycles. The SMILES string of the molecule is COc1cc(C(=O)NS(=O)(=O)c2ccccc2Cl)ccc1Cc1cn(C)c2ccc(CC3CCN(C)C3=O)cc12. The number of carbonyl (C=O) groups is 2. The number of amides is 2. The Hall–Kier alpha value is -3.82. The lowest BCUT2D eigenvalue weighted by Gasteiger charge is -2.12. The summed E-state index contributed by atoms with van der Waals surface area (Å²) in [5.74, 6) is -0.112. The number of hydrogen-bond acceptors (Lipinski definition) is 5. The van der Waals surface area contributed by atoms with Crippen molar-refractivity contribution < 1.29 is 22.7 Å². The topological polar surface area (TPSA) is 97.7 Å². The van der Waals surface area contributed by atoms with Gasteiger partial charge in [-0.3, -0.25) is 9.59 Å². The molecule has 208 valence electrons. The minimum absolute atomic E-state index is 0.00938. The van der Waals surface area contributed by atoms with Crippen LogP contribution in [0.25, 0.3) is 10.9 Å². The predicted molar refractivity (Wildman–Crippen MR) is 154 cm³/mol. The third-order valence-electron chi connectivity index (χ3n) is 7.44. The summed E-state index contributed by atoms with van der Waals surface area (Å²) in [5.41, 5.74) is 4.26. The number of nitrogens with zero attached hydrogens (tertiary/aromatic N) is 2. The van der Waals surface area contributed by atoms with Gasteiger partial charge in [0.15, 0.2) is 0 Å². The minimum Gasteiger partial charge on any atom is -0.496 e. The second kappa shape index (κ2) is 11.0. The maximum absolute atomic E-state index is 12.9. The Kier molecular flexibility index (Phi) is 7.61. The van der Waals surface area contributed by atoms with Gasteiger partial charge in [-0.25, -0.2) is 13.1 Å². The molecule has 0 bridgehead atoms. The first-order valence-corrected chi connectivity index (χ1v) is 14.7. The summed E-state index contributed by atoms with van der Waals surface area (Å²) in [6, 6.07) is 17.1. The molecule has 10 heteroatoms. The van der Waals surface area contributed by atoms with Gasteiger partial charge in [0, 0.05) is 55.6 Å². The molecule has 4 aromatic rings. The maximum Gasteiger partial charge on any atom is 0.265 e. The lowest BCUT2D eigenvalue weighted by atomic mass is 9.95. The summed E-state index contributed by atoms with van der Waals surface area (Å²) in [5, 5.41) is 1.12. The van der Waals surface area contributed by atoms with Gasteiger partial charge in [0.05, 0.1) is 12.1 Å². The van der Waals surface area contributed by atoms with Crippen LogP contribution in [0.5, 0.6) is 5.75 Å². The van der Waals surface area contributed by atoms with E-state index in [1.54, 1.807) is 23.1 Å². The van der Waals surface area contributed by atoms with Crippen molar-refractivity contribution in [1.29, 1.82) is 0 Å². The molecule has 5 rings (SSSR count). The molecule has 2 amide bonds. The Morgan fingerprint density at radius 3 is 2.55 bits per heavy atom. The van der Waals surface area contributed by atoms with Crippen LogP contribution in [0, 0.1) is 5.92 Å². The summed E-state index contributed by atoms with van der Waals surface area (Å²) < 4.78 is 35.2. The Bertz CT molecular complexity index is 1730. The number of aryl methyl sites for hydroxylation is 1. The first-order valence-electron chi connectivity index (χ1n) is 12.9. The average Bonchev–Trinajstić information content (AvgIpc) is 3.41. The van der Waals surface area contributed by atoms with E-state index in [1.165, 1.54) is 31.4 Å². The van der Waals surface area contributed by atoms with E-state index in [0.29, 0.717) is 18.6 Å². The van der Waals surface area contributed by atoms with Gasteiger partial charge in [-0.05, 0) is 65.9 Å². The van der Waals surface area contributed by atoms with E-state index in [9.17, 15) is 18.0 Å². The molecule has 1 aromatic heterocycles. The van der Waals surface area contributed by atoms with Gasteiger partial charge in [0.2, 0.25) is 5.91 Å². The number of aromatic nitrogens is 1. The van der Waals surface area contributed by atoms with Crippen molar-refractivity contribution in [3.8, 4) is 5.75 Å². The number of sulfonamides is 1. The first-order chi connectivity index (χ1) is 19.1. The summed E-state index contributed by atoms with van der Waals surface area (Å²) in [7, 11) is 1.19. The van der Waals surface area contributed by atoms with Crippen molar-refractivity contribution in [3.63, 3.8) is 0 Å². The van der Waals surface area contributed by atoms with Crippen molar-refractivity contribution >= 4 is 44.3 Å². The van der Waals surface area contributed by atoms with Gasteiger partial charge < -0.3 is 14.2 Å². The van der Waals surface area contributed by atoms with Crippen molar-refractivity contribution in [2.75, 3.05) is 20.7 Å². The number of halogens is 1. The number of rotatable bonds is 8. The molecule has 1 unspecified atom stereocenters. The molecule has 1 fully saturated rings. The van der Waals surface area contributed by atoms with Gasteiger partial charge in [-0.2, -0.15) is 0 Å². The smallest absolute Gasteiger partial charge is 0.265 e. The number of likely N-dealkylation sites (tertiary alicyclic amines) is 1. The second-order valence-electron chi connectivity index (χ2n) is 10.1. The van der Waals surface area contributed by atoms with E-state index >= 15 is 0 Å². The monoisotopic (exact) mass is 579 g/mol. The van der Waals surface area contributed by atoms with E-state index in [2.05, 4.69) is 33.7 Å². The van der Waals surface area contributed by atoms with E-state index in [4.69, 9.17) is 16.3 Å². The van der Waals surface area contributed by atoms with Crippen LogP contribution in [0.2, 0.25) is 5.02 Å². The summed E-state index contributed by atoms with van der Waals surface area (Å²) in [4.78, 5) is 26.9. The van der Waals surface area contributed by atoms with E-state index in [0.717, 1.165) is 40.6 Å². The number of ether oxygens (including phenoxy) is 1. The van der Waals surface area contributed by atoms with Crippen LogP contribution in [0.4, 0.5) is 0 Å². The predicted octanol–water partition coefficient (Wildman–Crippen LogP) is 4.57. The molecular weight excluding hydrogens is 550 g/mol. The molecular formula is C30H30ClN3O5S. The van der Waals surface area contributed by atoms with Crippen molar-refractivity contribution in [3.05, 3.63) is 94.1 Å². The standard InChI is InChI=1S/C30H30ClN3O5S/c1-33-13-12-22(30(33)36)14-19-8-11-26-24(15-19)23(18-34(26)2)16-20-9-10-21(17-27(20)39-3)29(35)32-40(37,38)28-7-5-4-6-25(28)31/h4-11,15,17-18,22H,12-14,16H2,1-3H3,(H,32,35). The fourth-order valence-electron chi connectivity index (χ4n) is 5.29. The molecule has 1 aliphatic heterocycles. The van der Waals surface area contributed by atoms with Gasteiger partial charge in [-0.1, -0.05) is 35.9 Å². The molecule has 0 radical (unpaired) electrons. The summed E-state index contributed by atoms with van der Waals surface area (Å²) in [6.45, 7) is 0.794. The molecule has 3 aromatic carbocycles.